The highest BCUT2D eigenvalue weighted by molar-refractivity contribution is 9.10. The van der Waals surface area contributed by atoms with E-state index in [1.807, 2.05) is 12.1 Å². The zero-order valence-electron chi connectivity index (χ0n) is 16.4. The van der Waals surface area contributed by atoms with Crippen molar-refractivity contribution in [3.05, 3.63) is 93.4 Å². The highest BCUT2D eigenvalue weighted by atomic mass is 79.9. The molecule has 0 aromatic heterocycles. The largest absolute Gasteiger partial charge is 0.273 e. The number of halogens is 2. The average molecular weight is 507 g/mol. The minimum atomic E-state index is -4.16. The van der Waals surface area contributed by atoms with Crippen molar-refractivity contribution >= 4 is 49.1 Å². The Morgan fingerprint density at radius 1 is 0.967 bits per heavy atom. The SMILES string of the molecule is CCCCc1ccc(N(C(=O)c2ccccc2Br)S(=O)(=O)c2ccc(Cl)cc2)cc1. The average Bonchev–Trinajstić information content (AvgIpc) is 2.73. The molecule has 0 aliphatic carbocycles. The van der Waals surface area contributed by atoms with E-state index in [9.17, 15) is 13.2 Å². The van der Waals surface area contributed by atoms with Crippen LogP contribution in [0.1, 0.15) is 35.7 Å². The Kier molecular flexibility index (Phi) is 7.34. The van der Waals surface area contributed by atoms with E-state index < -0.39 is 15.9 Å². The van der Waals surface area contributed by atoms with Gasteiger partial charge in [-0.05, 0) is 82.9 Å². The van der Waals surface area contributed by atoms with Gasteiger partial charge in [-0.3, -0.25) is 4.79 Å². The number of nitrogens with zero attached hydrogens (tertiary/aromatic N) is 1. The first kappa shape index (κ1) is 22.5. The van der Waals surface area contributed by atoms with E-state index >= 15 is 0 Å². The van der Waals surface area contributed by atoms with Crippen LogP contribution in [0.25, 0.3) is 0 Å². The first-order chi connectivity index (χ1) is 14.3. The molecule has 156 valence electrons. The summed E-state index contributed by atoms with van der Waals surface area (Å²) in [7, 11) is -4.16. The third-order valence-corrected chi connectivity index (χ3v) is 7.30. The molecule has 4 nitrogen and oxygen atoms in total. The molecule has 30 heavy (non-hydrogen) atoms. The maximum absolute atomic E-state index is 13.5. The van der Waals surface area contributed by atoms with Gasteiger partial charge in [0, 0.05) is 9.50 Å². The van der Waals surface area contributed by atoms with Crippen molar-refractivity contribution in [1.82, 2.24) is 0 Å². The monoisotopic (exact) mass is 505 g/mol. The Morgan fingerprint density at radius 2 is 1.60 bits per heavy atom. The van der Waals surface area contributed by atoms with Gasteiger partial charge >= 0.3 is 0 Å². The number of hydrogen-bond donors (Lipinski definition) is 0. The molecule has 0 atom stereocenters. The Balaban J connectivity index is 2.10. The lowest BCUT2D eigenvalue weighted by molar-refractivity contribution is 0.100. The van der Waals surface area contributed by atoms with Crippen molar-refractivity contribution in [3.8, 4) is 0 Å². The number of carbonyl (C=O) groups excluding carboxylic acids is 1. The minimum absolute atomic E-state index is 0.0117. The number of hydrogen-bond acceptors (Lipinski definition) is 3. The van der Waals surface area contributed by atoms with Crippen molar-refractivity contribution in [2.75, 3.05) is 4.31 Å². The number of benzene rings is 3. The van der Waals surface area contributed by atoms with Crippen LogP contribution in [0, 0.1) is 0 Å². The molecule has 0 radical (unpaired) electrons. The second-order valence-corrected chi connectivity index (χ2v) is 9.86. The van der Waals surface area contributed by atoms with E-state index in [0.717, 1.165) is 29.1 Å². The zero-order valence-corrected chi connectivity index (χ0v) is 19.5. The highest BCUT2D eigenvalue weighted by Gasteiger charge is 2.32. The van der Waals surface area contributed by atoms with Crippen molar-refractivity contribution in [2.24, 2.45) is 0 Å². The number of rotatable bonds is 7. The molecule has 0 aliphatic heterocycles. The molecule has 3 rings (SSSR count). The zero-order chi connectivity index (χ0) is 21.7. The quantitative estimate of drug-likeness (QED) is 0.368. The third kappa shape index (κ3) is 4.94. The molecule has 1 amide bonds. The lowest BCUT2D eigenvalue weighted by Crippen LogP contribution is -2.37. The molecule has 3 aromatic carbocycles. The fourth-order valence-corrected chi connectivity index (χ4v) is 4.99. The van der Waals surface area contributed by atoms with Gasteiger partial charge in [0.1, 0.15) is 0 Å². The van der Waals surface area contributed by atoms with E-state index in [2.05, 4.69) is 22.9 Å². The Labute approximate surface area is 190 Å². The van der Waals surface area contributed by atoms with Crippen molar-refractivity contribution in [1.29, 1.82) is 0 Å². The number of amides is 1. The van der Waals surface area contributed by atoms with Crippen LogP contribution in [0.3, 0.4) is 0 Å². The van der Waals surface area contributed by atoms with E-state index in [4.69, 9.17) is 11.6 Å². The fraction of sp³-hybridized carbons (Fsp3) is 0.174. The summed E-state index contributed by atoms with van der Waals surface area (Å²) < 4.78 is 28.3. The van der Waals surface area contributed by atoms with Gasteiger partial charge in [-0.2, -0.15) is 4.31 Å². The maximum Gasteiger partial charge on any atom is 0.273 e. The summed E-state index contributed by atoms with van der Waals surface area (Å²) in [6.45, 7) is 2.12. The molecule has 0 aliphatic rings. The van der Waals surface area contributed by atoms with E-state index in [1.54, 1.807) is 36.4 Å². The molecule has 0 bridgehead atoms. The molecule has 7 heteroatoms. The normalized spacial score (nSPS) is 11.3. The summed E-state index contributed by atoms with van der Waals surface area (Å²) in [4.78, 5) is 13.4. The van der Waals surface area contributed by atoms with Gasteiger partial charge in [0.2, 0.25) is 0 Å². The Morgan fingerprint density at radius 3 is 2.20 bits per heavy atom. The van der Waals surface area contributed by atoms with Gasteiger partial charge in [-0.25, -0.2) is 8.42 Å². The van der Waals surface area contributed by atoms with Crippen molar-refractivity contribution < 1.29 is 13.2 Å². The third-order valence-electron chi connectivity index (χ3n) is 4.63. The van der Waals surface area contributed by atoms with Crippen LogP contribution >= 0.6 is 27.5 Å². The summed E-state index contributed by atoms with van der Waals surface area (Å²) >= 11 is 9.27. The number of anilines is 1. The van der Waals surface area contributed by atoms with Crippen LogP contribution in [0.2, 0.25) is 5.02 Å². The molecule has 0 fully saturated rings. The van der Waals surface area contributed by atoms with Crippen molar-refractivity contribution in [2.45, 2.75) is 31.1 Å². The molecule has 0 N–H and O–H groups in total. The second-order valence-electron chi connectivity index (χ2n) is 6.78. The van der Waals surface area contributed by atoms with E-state index in [1.165, 1.54) is 24.3 Å². The topological polar surface area (TPSA) is 54.5 Å². The number of sulfonamides is 1. The highest BCUT2D eigenvalue weighted by Crippen LogP contribution is 2.29. The summed E-state index contributed by atoms with van der Waals surface area (Å²) in [5.41, 5.74) is 1.63. The molecule has 0 saturated carbocycles. The first-order valence-corrected chi connectivity index (χ1v) is 12.1. The summed E-state index contributed by atoms with van der Waals surface area (Å²) in [5, 5.41) is 0.415. The lowest BCUT2D eigenvalue weighted by atomic mass is 10.1. The smallest absolute Gasteiger partial charge is 0.268 e. The van der Waals surface area contributed by atoms with Crippen LogP contribution in [-0.2, 0) is 16.4 Å². The lowest BCUT2D eigenvalue weighted by Gasteiger charge is -2.23. The molecule has 3 aromatic rings. The van der Waals surface area contributed by atoms with E-state index in [0.29, 0.717) is 9.50 Å². The predicted molar refractivity (Wildman–Crippen MR) is 125 cm³/mol. The van der Waals surface area contributed by atoms with Gasteiger partial charge in [-0.15, -0.1) is 0 Å². The molecule has 0 spiro atoms. The van der Waals surface area contributed by atoms with Gasteiger partial charge in [0.15, 0.2) is 0 Å². The molecule has 0 unspecified atom stereocenters. The van der Waals surface area contributed by atoms with Gasteiger partial charge in [0.05, 0.1) is 16.1 Å². The van der Waals surface area contributed by atoms with E-state index in [-0.39, 0.29) is 16.1 Å². The summed E-state index contributed by atoms with van der Waals surface area (Å²) in [6, 6.07) is 19.6. The van der Waals surface area contributed by atoms with Crippen LogP contribution in [0.4, 0.5) is 5.69 Å². The Hall–Kier alpha value is -2.15. The second kappa shape index (κ2) is 9.77. The first-order valence-electron chi connectivity index (χ1n) is 9.53. The molecular formula is C23H21BrClNO3S. The van der Waals surface area contributed by atoms with Crippen molar-refractivity contribution in [3.63, 3.8) is 0 Å². The minimum Gasteiger partial charge on any atom is -0.268 e. The standard InChI is InChI=1S/C23H21BrClNO3S/c1-2-3-6-17-9-13-19(14-10-17)26(23(27)21-7-4-5-8-22(21)24)30(28,29)20-15-11-18(25)12-16-20/h4-5,7-16H,2-3,6H2,1H3. The Bertz CT molecular complexity index is 1130. The molecule has 0 heterocycles. The van der Waals surface area contributed by atoms with Crippen LogP contribution in [-0.4, -0.2) is 14.3 Å². The number of carbonyl (C=O) groups is 1. The fourth-order valence-electron chi connectivity index (χ4n) is 3.00. The predicted octanol–water partition coefficient (Wildman–Crippen LogP) is 6.48. The summed E-state index contributed by atoms with van der Waals surface area (Å²) in [6.07, 6.45) is 3.01. The van der Waals surface area contributed by atoms with Crippen LogP contribution in [0.5, 0.6) is 0 Å². The van der Waals surface area contributed by atoms with Gasteiger partial charge < -0.3 is 0 Å². The van der Waals surface area contributed by atoms with Crippen LogP contribution < -0.4 is 4.31 Å². The molecular weight excluding hydrogens is 486 g/mol. The summed E-state index contributed by atoms with van der Waals surface area (Å²) in [5.74, 6) is -0.640. The van der Waals surface area contributed by atoms with Gasteiger partial charge in [-0.1, -0.05) is 49.2 Å². The van der Waals surface area contributed by atoms with Crippen LogP contribution in [0.15, 0.2) is 82.2 Å². The molecule has 0 saturated heterocycles. The maximum atomic E-state index is 13.5. The number of aryl methyl sites for hydroxylation is 1. The van der Waals surface area contributed by atoms with Gasteiger partial charge in [0.25, 0.3) is 15.9 Å². The number of unbranched alkanes of at least 4 members (excludes halogenated alkanes) is 1.